The van der Waals surface area contributed by atoms with Gasteiger partial charge in [-0.25, -0.2) is 17.5 Å². The minimum Gasteiger partial charge on any atom is -0.392 e. The van der Waals surface area contributed by atoms with Crippen molar-refractivity contribution in [1.82, 2.24) is 15.1 Å². The number of nitrogens with zero attached hydrogens (tertiary/aromatic N) is 2. The minimum atomic E-state index is -3.39. The molecule has 2 amide bonds. The third-order valence-electron chi connectivity index (χ3n) is 3.85. The third kappa shape index (κ3) is 4.14. The first-order valence-electron chi connectivity index (χ1n) is 8.00. The standard InChI is InChI=1S/C16H17FN4O5S/c1-9(22)6-18-15(23)16(24)19-14-12-7-27(25,26)8-13(12)20-21(14)11-4-2-10(17)3-5-11/h2-5,9,22H,6-8H2,1H3,(H,18,23)(H,19,24). The van der Waals surface area contributed by atoms with E-state index in [1.807, 2.05) is 0 Å². The number of hydrogen-bond acceptors (Lipinski definition) is 6. The molecule has 9 nitrogen and oxygen atoms in total. The highest BCUT2D eigenvalue weighted by Crippen LogP contribution is 2.32. The van der Waals surface area contributed by atoms with Gasteiger partial charge in [0.05, 0.1) is 29.0 Å². The van der Waals surface area contributed by atoms with Crippen LogP contribution in [0, 0.1) is 5.82 Å². The number of hydrogen-bond donors (Lipinski definition) is 3. The van der Waals surface area contributed by atoms with Crippen LogP contribution in [0.5, 0.6) is 0 Å². The molecule has 1 aliphatic rings. The molecule has 0 saturated carbocycles. The number of benzene rings is 1. The Morgan fingerprint density at radius 2 is 1.93 bits per heavy atom. The van der Waals surface area contributed by atoms with E-state index in [9.17, 15) is 27.5 Å². The highest BCUT2D eigenvalue weighted by Gasteiger charge is 2.33. The quantitative estimate of drug-likeness (QED) is 0.618. The zero-order valence-corrected chi connectivity index (χ0v) is 15.1. The van der Waals surface area contributed by atoms with Gasteiger partial charge in [-0.3, -0.25) is 9.59 Å². The zero-order valence-electron chi connectivity index (χ0n) is 14.3. The number of aromatic nitrogens is 2. The van der Waals surface area contributed by atoms with E-state index >= 15 is 0 Å². The molecule has 0 radical (unpaired) electrons. The number of aliphatic hydroxyl groups excluding tert-OH is 1. The highest BCUT2D eigenvalue weighted by molar-refractivity contribution is 7.90. The number of amides is 2. The molecular weight excluding hydrogens is 379 g/mol. The van der Waals surface area contributed by atoms with E-state index in [1.54, 1.807) is 0 Å². The second kappa shape index (κ2) is 7.08. The van der Waals surface area contributed by atoms with Crippen LogP contribution in [0.4, 0.5) is 10.2 Å². The van der Waals surface area contributed by atoms with Crippen LogP contribution in [0.25, 0.3) is 5.69 Å². The first-order valence-corrected chi connectivity index (χ1v) is 9.83. The molecule has 0 spiro atoms. The molecule has 3 N–H and O–H groups in total. The van der Waals surface area contributed by atoms with Gasteiger partial charge >= 0.3 is 11.8 Å². The van der Waals surface area contributed by atoms with Crippen LogP contribution in [0.1, 0.15) is 18.2 Å². The maximum absolute atomic E-state index is 13.2. The van der Waals surface area contributed by atoms with Gasteiger partial charge in [0.1, 0.15) is 11.6 Å². The van der Waals surface area contributed by atoms with Crippen molar-refractivity contribution in [2.45, 2.75) is 24.5 Å². The fraction of sp³-hybridized carbons (Fsp3) is 0.312. The maximum Gasteiger partial charge on any atom is 0.314 e. The normalized spacial score (nSPS) is 15.8. The van der Waals surface area contributed by atoms with Crippen LogP contribution in [0.2, 0.25) is 0 Å². The van der Waals surface area contributed by atoms with Gasteiger partial charge in [0.15, 0.2) is 9.84 Å². The Hall–Kier alpha value is -2.79. The van der Waals surface area contributed by atoms with Crippen molar-refractivity contribution in [3.05, 3.63) is 41.3 Å². The van der Waals surface area contributed by atoms with Crippen molar-refractivity contribution >= 4 is 27.5 Å². The number of sulfone groups is 1. The van der Waals surface area contributed by atoms with Gasteiger partial charge in [0, 0.05) is 12.1 Å². The summed E-state index contributed by atoms with van der Waals surface area (Å²) >= 11 is 0. The van der Waals surface area contributed by atoms with E-state index in [-0.39, 0.29) is 35.1 Å². The number of rotatable bonds is 4. The van der Waals surface area contributed by atoms with Crippen LogP contribution in [0.15, 0.2) is 24.3 Å². The van der Waals surface area contributed by atoms with E-state index in [2.05, 4.69) is 15.7 Å². The summed E-state index contributed by atoms with van der Waals surface area (Å²) < 4.78 is 38.2. The Kier molecular flexibility index (Phi) is 4.98. The second-order valence-corrected chi connectivity index (χ2v) is 8.27. The lowest BCUT2D eigenvalue weighted by atomic mass is 10.2. The van der Waals surface area contributed by atoms with Crippen molar-refractivity contribution in [1.29, 1.82) is 0 Å². The molecule has 11 heteroatoms. The summed E-state index contributed by atoms with van der Waals surface area (Å²) in [4.78, 5) is 24.0. The molecule has 1 aromatic carbocycles. The first kappa shape index (κ1) is 19.0. The lowest BCUT2D eigenvalue weighted by Crippen LogP contribution is -2.39. The van der Waals surface area contributed by atoms with Crippen molar-refractivity contribution in [3.63, 3.8) is 0 Å². The smallest absolute Gasteiger partial charge is 0.314 e. The molecule has 144 valence electrons. The number of nitrogens with one attached hydrogen (secondary N) is 2. The Labute approximate surface area is 154 Å². The van der Waals surface area contributed by atoms with Gasteiger partial charge in [0.2, 0.25) is 0 Å². The van der Waals surface area contributed by atoms with Crippen molar-refractivity contribution in [2.75, 3.05) is 11.9 Å². The van der Waals surface area contributed by atoms with E-state index < -0.39 is 33.6 Å². The predicted octanol–water partition coefficient (Wildman–Crippen LogP) is -0.125. The van der Waals surface area contributed by atoms with Gasteiger partial charge < -0.3 is 15.7 Å². The largest absolute Gasteiger partial charge is 0.392 e. The molecule has 2 aromatic rings. The molecule has 27 heavy (non-hydrogen) atoms. The lowest BCUT2D eigenvalue weighted by molar-refractivity contribution is -0.136. The summed E-state index contributed by atoms with van der Waals surface area (Å²) in [6.45, 7) is 1.33. The van der Waals surface area contributed by atoms with Gasteiger partial charge in [-0.05, 0) is 31.2 Å². The monoisotopic (exact) mass is 396 g/mol. The summed E-state index contributed by atoms with van der Waals surface area (Å²) in [7, 11) is -3.39. The van der Waals surface area contributed by atoms with E-state index in [4.69, 9.17) is 0 Å². The summed E-state index contributed by atoms with van der Waals surface area (Å²) in [5.41, 5.74) is 0.943. The molecular formula is C16H17FN4O5S. The number of anilines is 1. The van der Waals surface area contributed by atoms with E-state index in [1.165, 1.54) is 35.9 Å². The molecule has 2 heterocycles. The van der Waals surface area contributed by atoms with Gasteiger partial charge in [-0.15, -0.1) is 0 Å². The van der Waals surface area contributed by atoms with Gasteiger partial charge in [-0.1, -0.05) is 0 Å². The van der Waals surface area contributed by atoms with Crippen molar-refractivity contribution in [3.8, 4) is 5.69 Å². The average molecular weight is 396 g/mol. The lowest BCUT2D eigenvalue weighted by Gasteiger charge is -2.11. The first-order chi connectivity index (χ1) is 12.7. The molecule has 1 aliphatic heterocycles. The topological polar surface area (TPSA) is 130 Å². The van der Waals surface area contributed by atoms with Crippen LogP contribution in [0.3, 0.4) is 0 Å². The molecule has 1 aromatic heterocycles. The maximum atomic E-state index is 13.2. The Balaban J connectivity index is 1.94. The number of fused-ring (bicyclic) bond motifs is 1. The summed E-state index contributed by atoms with van der Waals surface area (Å²) in [5, 5.41) is 18.0. The fourth-order valence-corrected chi connectivity index (χ4v) is 4.12. The molecule has 0 bridgehead atoms. The Morgan fingerprint density at radius 3 is 2.56 bits per heavy atom. The third-order valence-corrected chi connectivity index (χ3v) is 5.30. The number of carbonyl (C=O) groups is 2. The summed E-state index contributed by atoms with van der Waals surface area (Å²) in [6, 6.07) is 5.21. The molecule has 0 aliphatic carbocycles. The summed E-state index contributed by atoms with van der Waals surface area (Å²) in [6.07, 6.45) is -0.833. The number of aliphatic hydroxyl groups is 1. The SMILES string of the molecule is CC(O)CNC(=O)C(=O)Nc1c2c(nn1-c1ccc(F)cc1)CS(=O)(=O)C2. The molecule has 1 unspecified atom stereocenters. The van der Waals surface area contributed by atoms with Crippen LogP contribution < -0.4 is 10.6 Å². The average Bonchev–Trinajstić information content (AvgIpc) is 3.06. The highest BCUT2D eigenvalue weighted by atomic mass is 32.2. The molecule has 3 rings (SSSR count). The van der Waals surface area contributed by atoms with Gasteiger partial charge in [-0.2, -0.15) is 5.10 Å². The molecule has 1 atom stereocenters. The Bertz CT molecular complexity index is 999. The van der Waals surface area contributed by atoms with E-state index in [0.29, 0.717) is 5.69 Å². The van der Waals surface area contributed by atoms with Crippen LogP contribution in [-0.2, 0) is 30.9 Å². The van der Waals surface area contributed by atoms with Crippen molar-refractivity contribution in [2.24, 2.45) is 0 Å². The zero-order chi connectivity index (χ0) is 19.8. The summed E-state index contributed by atoms with van der Waals surface area (Å²) in [5.74, 6) is -3.07. The van der Waals surface area contributed by atoms with Crippen molar-refractivity contribution < 1.29 is 27.5 Å². The number of carbonyl (C=O) groups excluding carboxylic acids is 2. The van der Waals surface area contributed by atoms with Gasteiger partial charge in [0.25, 0.3) is 0 Å². The predicted molar refractivity (Wildman–Crippen MR) is 93.2 cm³/mol. The van der Waals surface area contributed by atoms with Crippen LogP contribution >= 0.6 is 0 Å². The van der Waals surface area contributed by atoms with Crippen LogP contribution in [-0.4, -0.2) is 47.8 Å². The fourth-order valence-electron chi connectivity index (χ4n) is 2.62. The molecule has 0 fully saturated rings. The minimum absolute atomic E-state index is 0.0369. The van der Waals surface area contributed by atoms with E-state index in [0.717, 1.165) is 0 Å². The number of halogens is 1. The Morgan fingerprint density at radius 1 is 1.26 bits per heavy atom. The molecule has 0 saturated heterocycles. The second-order valence-electron chi connectivity index (χ2n) is 6.21.